The maximum atomic E-state index is 11.2. The maximum absolute atomic E-state index is 11.2. The van der Waals surface area contributed by atoms with E-state index in [1.165, 1.54) is 0 Å². The van der Waals surface area contributed by atoms with E-state index in [0.717, 1.165) is 16.9 Å². The van der Waals surface area contributed by atoms with Crippen molar-refractivity contribution in [3.63, 3.8) is 0 Å². The fourth-order valence-electron chi connectivity index (χ4n) is 2.75. The van der Waals surface area contributed by atoms with Crippen molar-refractivity contribution < 1.29 is 4.92 Å². The summed E-state index contributed by atoms with van der Waals surface area (Å²) >= 11 is 0. The van der Waals surface area contributed by atoms with Crippen molar-refractivity contribution >= 4 is 22.7 Å². The Bertz CT molecular complexity index is 895. The average molecular weight is 314 g/mol. The number of aromatic nitrogens is 4. The molecule has 2 aromatic heterocycles. The van der Waals surface area contributed by atoms with E-state index >= 15 is 0 Å². The second kappa shape index (κ2) is 5.38. The van der Waals surface area contributed by atoms with Gasteiger partial charge in [-0.25, -0.2) is 4.98 Å². The summed E-state index contributed by atoms with van der Waals surface area (Å²) in [4.78, 5) is 21.2. The number of aryl methyl sites for hydroxylation is 2. The van der Waals surface area contributed by atoms with Gasteiger partial charge < -0.3 is 19.6 Å². The van der Waals surface area contributed by atoms with E-state index in [1.54, 1.807) is 23.4 Å². The first-order valence-electron chi connectivity index (χ1n) is 7.19. The summed E-state index contributed by atoms with van der Waals surface area (Å²) in [5, 5.41) is 11.2. The van der Waals surface area contributed by atoms with Crippen molar-refractivity contribution in [3.05, 3.63) is 46.0 Å². The Morgan fingerprint density at radius 1 is 1.22 bits per heavy atom. The van der Waals surface area contributed by atoms with E-state index in [9.17, 15) is 10.1 Å². The van der Waals surface area contributed by atoms with Crippen molar-refractivity contribution in [1.29, 1.82) is 0 Å². The number of benzene rings is 1. The Kier molecular flexibility index (Phi) is 3.51. The molecule has 0 saturated carbocycles. The zero-order valence-corrected chi connectivity index (χ0v) is 13.5. The lowest BCUT2D eigenvalue weighted by Gasteiger charge is -2.18. The first-order valence-corrected chi connectivity index (χ1v) is 7.19. The summed E-state index contributed by atoms with van der Waals surface area (Å²) < 4.78 is 3.72. The maximum Gasteiger partial charge on any atom is 0.406 e. The summed E-state index contributed by atoms with van der Waals surface area (Å²) in [5.41, 5.74) is 1.95. The minimum atomic E-state index is -0.451. The standard InChI is InChI=1S/C15H18N6O2/c1-10-16-14(21(22)23)15(19(10)3)18(2)9-13-17-11-7-5-6-8-12(11)20(13)4/h5-8H,9H2,1-4H3. The van der Waals surface area contributed by atoms with Crippen LogP contribution in [-0.4, -0.2) is 31.1 Å². The average Bonchev–Trinajstić information content (AvgIpc) is 2.98. The number of hydrogen-bond donors (Lipinski definition) is 0. The van der Waals surface area contributed by atoms with Crippen molar-refractivity contribution in [1.82, 2.24) is 19.1 Å². The molecule has 0 aliphatic heterocycles. The Hall–Kier alpha value is -2.90. The molecule has 3 rings (SSSR count). The Labute approximate surface area is 133 Å². The topological polar surface area (TPSA) is 82.0 Å². The van der Waals surface area contributed by atoms with Crippen molar-refractivity contribution in [2.75, 3.05) is 11.9 Å². The minimum absolute atomic E-state index is 0.133. The SMILES string of the molecule is Cc1nc([N+](=O)[O-])c(N(C)Cc2nc3ccccc3n2C)n1C. The summed E-state index contributed by atoms with van der Waals surface area (Å²) in [5.74, 6) is 1.77. The molecule has 0 aliphatic rings. The number of para-hydroxylation sites is 2. The Balaban J connectivity index is 2.00. The van der Waals surface area contributed by atoms with Crippen LogP contribution < -0.4 is 4.90 Å². The lowest BCUT2D eigenvalue weighted by Crippen LogP contribution is -2.22. The Morgan fingerprint density at radius 3 is 2.57 bits per heavy atom. The number of anilines is 1. The summed E-state index contributed by atoms with van der Waals surface area (Å²) in [7, 11) is 5.53. The first-order chi connectivity index (χ1) is 10.9. The number of nitrogens with zero attached hydrogens (tertiary/aromatic N) is 6. The number of imidazole rings is 2. The molecule has 0 fully saturated rings. The van der Waals surface area contributed by atoms with Crippen LogP contribution in [0.15, 0.2) is 24.3 Å². The summed E-state index contributed by atoms with van der Waals surface area (Å²) in [6.07, 6.45) is 0. The summed E-state index contributed by atoms with van der Waals surface area (Å²) in [6, 6.07) is 7.86. The zero-order chi connectivity index (χ0) is 16.7. The van der Waals surface area contributed by atoms with Gasteiger partial charge in [0, 0.05) is 28.1 Å². The molecule has 120 valence electrons. The van der Waals surface area contributed by atoms with E-state index in [4.69, 9.17) is 0 Å². The lowest BCUT2D eigenvalue weighted by atomic mass is 10.3. The van der Waals surface area contributed by atoms with Crippen LogP contribution in [0.1, 0.15) is 11.6 Å². The fourth-order valence-corrected chi connectivity index (χ4v) is 2.75. The van der Waals surface area contributed by atoms with Gasteiger partial charge in [-0.2, -0.15) is 0 Å². The largest absolute Gasteiger partial charge is 0.406 e. The van der Waals surface area contributed by atoms with Crippen LogP contribution in [0.5, 0.6) is 0 Å². The highest BCUT2D eigenvalue weighted by Crippen LogP contribution is 2.28. The van der Waals surface area contributed by atoms with Gasteiger partial charge in [-0.3, -0.25) is 4.57 Å². The van der Waals surface area contributed by atoms with E-state index in [2.05, 4.69) is 9.97 Å². The molecule has 8 heteroatoms. The van der Waals surface area contributed by atoms with Crippen LogP contribution >= 0.6 is 0 Å². The van der Waals surface area contributed by atoms with Crippen LogP contribution in [0, 0.1) is 17.0 Å². The van der Waals surface area contributed by atoms with E-state index in [0.29, 0.717) is 18.2 Å². The minimum Gasteiger partial charge on any atom is -0.358 e. The van der Waals surface area contributed by atoms with Crippen molar-refractivity contribution in [2.45, 2.75) is 13.5 Å². The van der Waals surface area contributed by atoms with E-state index in [1.807, 2.05) is 42.9 Å². The van der Waals surface area contributed by atoms with Crippen molar-refractivity contribution in [3.8, 4) is 0 Å². The molecule has 0 aliphatic carbocycles. The van der Waals surface area contributed by atoms with Gasteiger partial charge in [0.05, 0.1) is 17.6 Å². The molecule has 0 radical (unpaired) electrons. The number of rotatable bonds is 4. The second-order valence-electron chi connectivity index (χ2n) is 5.55. The molecule has 8 nitrogen and oxygen atoms in total. The quantitative estimate of drug-likeness (QED) is 0.544. The van der Waals surface area contributed by atoms with Gasteiger partial charge in [-0.1, -0.05) is 12.1 Å². The van der Waals surface area contributed by atoms with Crippen LogP contribution in [0.3, 0.4) is 0 Å². The number of hydrogen-bond acceptors (Lipinski definition) is 5. The van der Waals surface area contributed by atoms with Gasteiger partial charge in [0.25, 0.3) is 0 Å². The molecular formula is C15H18N6O2. The predicted octanol–water partition coefficient (Wildman–Crippen LogP) is 2.16. The molecule has 2 heterocycles. The van der Waals surface area contributed by atoms with E-state index < -0.39 is 4.92 Å². The van der Waals surface area contributed by atoms with Crippen LogP contribution in [-0.2, 0) is 20.6 Å². The molecule has 0 saturated heterocycles. The van der Waals surface area contributed by atoms with Gasteiger partial charge in [-0.05, 0) is 22.0 Å². The van der Waals surface area contributed by atoms with Crippen molar-refractivity contribution in [2.24, 2.45) is 14.1 Å². The van der Waals surface area contributed by atoms with Crippen LogP contribution in [0.4, 0.5) is 11.6 Å². The first kappa shape index (κ1) is 15.0. The fraction of sp³-hybridized carbons (Fsp3) is 0.333. The van der Waals surface area contributed by atoms with Gasteiger partial charge in [0.15, 0.2) is 0 Å². The molecular weight excluding hydrogens is 296 g/mol. The molecule has 0 N–H and O–H groups in total. The molecule has 0 atom stereocenters. The highest BCUT2D eigenvalue weighted by molar-refractivity contribution is 5.75. The smallest absolute Gasteiger partial charge is 0.358 e. The van der Waals surface area contributed by atoms with Crippen LogP contribution in [0.25, 0.3) is 11.0 Å². The summed E-state index contributed by atoms with van der Waals surface area (Å²) in [6.45, 7) is 2.20. The predicted molar refractivity (Wildman–Crippen MR) is 87.4 cm³/mol. The number of fused-ring (bicyclic) bond motifs is 1. The third-order valence-electron chi connectivity index (χ3n) is 4.06. The van der Waals surface area contributed by atoms with Gasteiger partial charge >= 0.3 is 5.82 Å². The third kappa shape index (κ3) is 2.41. The third-order valence-corrected chi connectivity index (χ3v) is 4.06. The lowest BCUT2D eigenvalue weighted by molar-refractivity contribution is -0.388. The van der Waals surface area contributed by atoms with Gasteiger partial charge in [0.1, 0.15) is 5.82 Å². The highest BCUT2D eigenvalue weighted by atomic mass is 16.6. The van der Waals surface area contributed by atoms with Crippen LogP contribution in [0.2, 0.25) is 0 Å². The molecule has 0 amide bonds. The Morgan fingerprint density at radius 2 is 1.91 bits per heavy atom. The monoisotopic (exact) mass is 314 g/mol. The molecule has 23 heavy (non-hydrogen) atoms. The molecule has 0 unspecified atom stereocenters. The second-order valence-corrected chi connectivity index (χ2v) is 5.55. The molecule has 1 aromatic carbocycles. The normalized spacial score (nSPS) is 11.1. The van der Waals surface area contributed by atoms with E-state index in [-0.39, 0.29) is 5.82 Å². The molecule has 0 spiro atoms. The number of nitro groups is 1. The molecule has 0 bridgehead atoms. The molecule has 3 aromatic rings. The van der Waals surface area contributed by atoms with Gasteiger partial charge in [0.2, 0.25) is 11.6 Å². The zero-order valence-electron chi connectivity index (χ0n) is 13.5. The van der Waals surface area contributed by atoms with Gasteiger partial charge in [-0.15, -0.1) is 0 Å². The highest BCUT2D eigenvalue weighted by Gasteiger charge is 2.27.